The van der Waals surface area contributed by atoms with Gasteiger partial charge in [-0.15, -0.1) is 0 Å². The number of amides is 1. The second-order valence-corrected chi connectivity index (χ2v) is 6.67. The fourth-order valence-electron chi connectivity index (χ4n) is 2.99. The van der Waals surface area contributed by atoms with Crippen molar-refractivity contribution in [2.45, 2.75) is 27.0 Å². The van der Waals surface area contributed by atoms with Gasteiger partial charge in [0.1, 0.15) is 23.9 Å². The number of aromatic nitrogens is 1. The number of halogens is 1. The summed E-state index contributed by atoms with van der Waals surface area (Å²) in [5.74, 6) is 0.829. The monoisotopic (exact) mass is 394 g/mol. The molecule has 3 aromatic rings. The molecule has 0 fully saturated rings. The van der Waals surface area contributed by atoms with Crippen molar-refractivity contribution in [3.8, 4) is 11.5 Å². The van der Waals surface area contributed by atoms with Crippen LogP contribution in [0.2, 0.25) is 0 Å². The molecule has 0 aliphatic carbocycles. The van der Waals surface area contributed by atoms with Crippen LogP contribution in [0.15, 0.2) is 54.7 Å². The van der Waals surface area contributed by atoms with Crippen molar-refractivity contribution >= 4 is 5.91 Å². The lowest BCUT2D eigenvalue weighted by molar-refractivity contribution is 0.0950. The molecule has 0 unspecified atom stereocenters. The highest BCUT2D eigenvalue weighted by Gasteiger charge is 2.12. The van der Waals surface area contributed by atoms with Gasteiger partial charge in [-0.1, -0.05) is 18.2 Å². The molecule has 0 bridgehead atoms. The van der Waals surface area contributed by atoms with E-state index in [1.165, 1.54) is 12.1 Å². The number of benzene rings is 2. The predicted octanol–water partition coefficient (Wildman–Crippen LogP) is 4.36. The van der Waals surface area contributed by atoms with Gasteiger partial charge in [0.25, 0.3) is 5.91 Å². The third-order valence-corrected chi connectivity index (χ3v) is 4.58. The fourth-order valence-corrected chi connectivity index (χ4v) is 2.99. The summed E-state index contributed by atoms with van der Waals surface area (Å²) in [5, 5.41) is 2.88. The molecule has 2 aromatic carbocycles. The van der Waals surface area contributed by atoms with Gasteiger partial charge < -0.3 is 14.8 Å². The molecular weight excluding hydrogens is 371 g/mol. The summed E-state index contributed by atoms with van der Waals surface area (Å²) in [6.45, 7) is 4.43. The molecule has 1 amide bonds. The first-order chi connectivity index (χ1) is 14.0. The van der Waals surface area contributed by atoms with Crippen LogP contribution in [0, 0.1) is 19.7 Å². The highest BCUT2D eigenvalue weighted by Crippen LogP contribution is 2.24. The van der Waals surface area contributed by atoms with Crippen molar-refractivity contribution in [2.75, 3.05) is 7.11 Å². The molecule has 150 valence electrons. The Labute approximate surface area is 169 Å². The highest BCUT2D eigenvalue weighted by molar-refractivity contribution is 5.94. The number of nitrogens with one attached hydrogen (secondary N) is 1. The normalized spacial score (nSPS) is 10.5. The van der Waals surface area contributed by atoms with Crippen molar-refractivity contribution in [3.05, 3.63) is 88.5 Å². The van der Waals surface area contributed by atoms with E-state index in [-0.39, 0.29) is 18.3 Å². The Kier molecular flexibility index (Phi) is 6.44. The van der Waals surface area contributed by atoms with Crippen LogP contribution in [-0.2, 0) is 13.2 Å². The van der Waals surface area contributed by atoms with Crippen molar-refractivity contribution in [3.63, 3.8) is 0 Å². The third kappa shape index (κ3) is 5.10. The number of rotatable bonds is 7. The number of carbonyl (C=O) groups is 1. The number of nitrogens with zero attached hydrogens (tertiary/aromatic N) is 1. The first-order valence-corrected chi connectivity index (χ1v) is 9.22. The van der Waals surface area contributed by atoms with Gasteiger partial charge in [-0.05, 0) is 49.7 Å². The summed E-state index contributed by atoms with van der Waals surface area (Å²) in [5.41, 5.74) is 3.94. The largest absolute Gasteiger partial charge is 0.496 e. The fraction of sp³-hybridized carbons (Fsp3) is 0.217. The maximum Gasteiger partial charge on any atom is 0.251 e. The second-order valence-electron chi connectivity index (χ2n) is 6.67. The summed E-state index contributed by atoms with van der Waals surface area (Å²) in [7, 11) is 1.62. The molecule has 0 saturated carbocycles. The Bertz CT molecular complexity index is 1000. The van der Waals surface area contributed by atoms with Gasteiger partial charge in [0.2, 0.25) is 0 Å². The zero-order valence-corrected chi connectivity index (χ0v) is 16.7. The highest BCUT2D eigenvalue weighted by atomic mass is 19.1. The quantitative estimate of drug-likeness (QED) is 0.647. The van der Waals surface area contributed by atoms with Gasteiger partial charge in [0.05, 0.1) is 19.3 Å². The zero-order chi connectivity index (χ0) is 20.8. The summed E-state index contributed by atoms with van der Waals surface area (Å²) in [4.78, 5) is 16.9. The maximum atomic E-state index is 13.0. The SMILES string of the molecule is COc1c(C)cnc(CNC(=O)c2cccc(OCc3ccc(F)cc3)c2)c1C. The van der Waals surface area contributed by atoms with Gasteiger partial charge >= 0.3 is 0 Å². The van der Waals surface area contributed by atoms with E-state index >= 15 is 0 Å². The Morgan fingerprint density at radius 2 is 1.90 bits per heavy atom. The molecule has 0 aliphatic heterocycles. The van der Waals surface area contributed by atoms with Crippen LogP contribution in [0.25, 0.3) is 0 Å². The summed E-state index contributed by atoms with van der Waals surface area (Å²) in [6.07, 6.45) is 1.73. The molecule has 5 nitrogen and oxygen atoms in total. The Morgan fingerprint density at radius 1 is 1.14 bits per heavy atom. The van der Waals surface area contributed by atoms with Gasteiger partial charge in [-0.25, -0.2) is 4.39 Å². The average molecular weight is 394 g/mol. The van der Waals surface area contributed by atoms with E-state index in [0.717, 1.165) is 28.1 Å². The average Bonchev–Trinajstić information content (AvgIpc) is 2.73. The van der Waals surface area contributed by atoms with Gasteiger partial charge in [0, 0.05) is 22.9 Å². The van der Waals surface area contributed by atoms with Crippen LogP contribution in [0.5, 0.6) is 11.5 Å². The van der Waals surface area contributed by atoms with Crippen molar-refractivity contribution < 1.29 is 18.7 Å². The first-order valence-electron chi connectivity index (χ1n) is 9.22. The number of carbonyl (C=O) groups excluding carboxylic acids is 1. The molecular formula is C23H23FN2O3. The van der Waals surface area contributed by atoms with E-state index < -0.39 is 0 Å². The van der Waals surface area contributed by atoms with Crippen molar-refractivity contribution in [2.24, 2.45) is 0 Å². The van der Waals surface area contributed by atoms with Crippen LogP contribution in [0.1, 0.15) is 32.7 Å². The lowest BCUT2D eigenvalue weighted by Gasteiger charge is -2.13. The molecule has 1 N–H and O–H groups in total. The smallest absolute Gasteiger partial charge is 0.251 e. The van der Waals surface area contributed by atoms with Gasteiger partial charge in [-0.3, -0.25) is 9.78 Å². The lowest BCUT2D eigenvalue weighted by atomic mass is 10.1. The number of aryl methyl sites for hydroxylation is 1. The van der Waals surface area contributed by atoms with Gasteiger partial charge in [-0.2, -0.15) is 0 Å². The Hall–Kier alpha value is -3.41. The second kappa shape index (κ2) is 9.19. The van der Waals surface area contributed by atoms with Crippen molar-refractivity contribution in [1.29, 1.82) is 0 Å². The minimum absolute atomic E-state index is 0.224. The van der Waals surface area contributed by atoms with Crippen LogP contribution < -0.4 is 14.8 Å². The van der Waals surface area contributed by atoms with E-state index in [4.69, 9.17) is 9.47 Å². The minimum Gasteiger partial charge on any atom is -0.496 e. The van der Waals surface area contributed by atoms with E-state index in [1.54, 1.807) is 49.7 Å². The van der Waals surface area contributed by atoms with E-state index in [1.807, 2.05) is 13.8 Å². The molecule has 0 saturated heterocycles. The molecule has 1 heterocycles. The molecule has 6 heteroatoms. The zero-order valence-electron chi connectivity index (χ0n) is 16.7. The number of methoxy groups -OCH3 is 1. The molecule has 29 heavy (non-hydrogen) atoms. The lowest BCUT2D eigenvalue weighted by Crippen LogP contribution is -2.24. The molecule has 0 radical (unpaired) electrons. The number of hydrogen-bond acceptors (Lipinski definition) is 4. The van der Waals surface area contributed by atoms with Crippen LogP contribution in [-0.4, -0.2) is 18.0 Å². The third-order valence-electron chi connectivity index (χ3n) is 4.58. The van der Waals surface area contributed by atoms with E-state index in [2.05, 4.69) is 10.3 Å². The van der Waals surface area contributed by atoms with Crippen LogP contribution >= 0.6 is 0 Å². The standard InChI is InChI=1S/C23H23FN2O3/c1-15-12-25-21(16(2)22(15)28-3)13-26-23(27)18-5-4-6-20(11-18)29-14-17-7-9-19(24)10-8-17/h4-12H,13-14H2,1-3H3,(H,26,27). The van der Waals surface area contributed by atoms with Crippen LogP contribution in [0.4, 0.5) is 4.39 Å². The Balaban J connectivity index is 1.63. The molecule has 0 spiro atoms. The van der Waals surface area contributed by atoms with Gasteiger partial charge in [0.15, 0.2) is 0 Å². The summed E-state index contributed by atoms with van der Waals surface area (Å²) in [6, 6.07) is 13.0. The summed E-state index contributed by atoms with van der Waals surface area (Å²) >= 11 is 0. The number of ether oxygens (including phenoxy) is 2. The molecule has 1 aromatic heterocycles. The molecule has 3 rings (SSSR count). The van der Waals surface area contributed by atoms with Crippen molar-refractivity contribution in [1.82, 2.24) is 10.3 Å². The maximum absolute atomic E-state index is 13.0. The predicted molar refractivity (Wildman–Crippen MR) is 109 cm³/mol. The first kappa shape index (κ1) is 20.3. The van der Waals surface area contributed by atoms with Crippen LogP contribution in [0.3, 0.4) is 0 Å². The number of hydrogen-bond donors (Lipinski definition) is 1. The Morgan fingerprint density at radius 3 is 2.62 bits per heavy atom. The number of pyridine rings is 1. The van der Waals surface area contributed by atoms with E-state index in [0.29, 0.717) is 17.9 Å². The molecule has 0 atom stereocenters. The topological polar surface area (TPSA) is 60.5 Å². The molecule has 0 aliphatic rings. The minimum atomic E-state index is -0.289. The summed E-state index contributed by atoms with van der Waals surface area (Å²) < 4.78 is 24.1. The van der Waals surface area contributed by atoms with E-state index in [9.17, 15) is 9.18 Å².